The number of methoxy groups -OCH3 is 1. The number of anilines is 1. The number of carbonyl (C=O) groups excluding carboxylic acids is 1. The second-order valence-corrected chi connectivity index (χ2v) is 12.6. The van der Waals surface area contributed by atoms with Crippen LogP contribution in [-0.4, -0.2) is 40.6 Å². The molecule has 1 amide bonds. The second-order valence-electron chi connectivity index (χ2n) is 12.6. The maximum Gasteiger partial charge on any atom is 0.230 e. The highest BCUT2D eigenvalue weighted by atomic mass is 16.5. The van der Waals surface area contributed by atoms with Gasteiger partial charge in [0.25, 0.3) is 0 Å². The van der Waals surface area contributed by atoms with Crippen LogP contribution in [0.2, 0.25) is 0 Å². The van der Waals surface area contributed by atoms with E-state index in [2.05, 4.69) is 71.6 Å². The number of hydrogen-bond donors (Lipinski definition) is 1. The van der Waals surface area contributed by atoms with E-state index >= 15 is 0 Å². The Morgan fingerprint density at radius 2 is 1.73 bits per heavy atom. The standard InChI is InChI=1S/C35H47N3O3/c1-24(2)34(41-4)19-8-25(3)27-11-9-26(10-12-27)22-37(35(40)28-13-17-33(39)18-14-28)32-7-5-6-29(20-32)30-21-36-38(23-30)31-15-16-31/h5-8,19-21,23,26-28,31,33,39H,3,9-18,22H2,1-2,4H3/b19-8-. The van der Waals surface area contributed by atoms with Gasteiger partial charge in [-0.1, -0.05) is 30.4 Å². The molecule has 1 aromatic carbocycles. The Morgan fingerprint density at radius 3 is 2.39 bits per heavy atom. The molecular formula is C35H47N3O3. The number of aliphatic hydroxyl groups excluding tert-OH is 1. The lowest BCUT2D eigenvalue weighted by atomic mass is 9.78. The zero-order valence-corrected chi connectivity index (χ0v) is 25.1. The van der Waals surface area contributed by atoms with Crippen molar-refractivity contribution in [3.8, 4) is 11.1 Å². The predicted octanol–water partition coefficient (Wildman–Crippen LogP) is 7.63. The Morgan fingerprint density at radius 1 is 1.02 bits per heavy atom. The highest BCUT2D eigenvalue weighted by molar-refractivity contribution is 5.95. The molecule has 3 saturated carbocycles. The summed E-state index contributed by atoms with van der Waals surface area (Å²) in [6, 6.07) is 8.98. The van der Waals surface area contributed by atoms with Gasteiger partial charge < -0.3 is 14.7 Å². The molecule has 0 saturated heterocycles. The summed E-state index contributed by atoms with van der Waals surface area (Å²) in [7, 11) is 1.71. The fraction of sp³-hybridized carbons (Fsp3) is 0.543. The number of nitrogens with zero attached hydrogens (tertiary/aromatic N) is 3. The minimum Gasteiger partial charge on any atom is -0.497 e. The van der Waals surface area contributed by atoms with Crippen molar-refractivity contribution in [1.29, 1.82) is 0 Å². The van der Waals surface area contributed by atoms with Crippen LogP contribution < -0.4 is 4.90 Å². The maximum atomic E-state index is 14.0. The molecule has 0 spiro atoms. The molecule has 0 atom stereocenters. The van der Waals surface area contributed by atoms with Crippen molar-refractivity contribution in [2.75, 3.05) is 18.6 Å². The summed E-state index contributed by atoms with van der Waals surface area (Å²) in [5, 5.41) is 14.6. The van der Waals surface area contributed by atoms with Crippen molar-refractivity contribution >= 4 is 11.6 Å². The van der Waals surface area contributed by atoms with Crippen LogP contribution >= 0.6 is 0 Å². The summed E-state index contributed by atoms with van der Waals surface area (Å²) in [5.74, 6) is 2.01. The van der Waals surface area contributed by atoms with Crippen LogP contribution in [0.1, 0.15) is 84.1 Å². The van der Waals surface area contributed by atoms with Crippen LogP contribution in [0.3, 0.4) is 0 Å². The molecule has 2 aromatic rings. The first-order chi connectivity index (χ1) is 19.8. The molecule has 1 N–H and O–H groups in total. The minimum atomic E-state index is -0.270. The van der Waals surface area contributed by atoms with Crippen LogP contribution in [0.5, 0.6) is 0 Å². The Kier molecular flexibility index (Phi) is 9.49. The highest BCUT2D eigenvalue weighted by Gasteiger charge is 2.32. The van der Waals surface area contributed by atoms with Crippen LogP contribution in [0.15, 0.2) is 72.3 Å². The van der Waals surface area contributed by atoms with Crippen molar-refractivity contribution in [2.24, 2.45) is 17.8 Å². The number of amides is 1. The molecule has 1 heterocycles. The molecule has 1 aromatic heterocycles. The average molecular weight is 558 g/mol. The first kappa shape index (κ1) is 29.4. The third-order valence-electron chi connectivity index (χ3n) is 9.30. The second kappa shape index (κ2) is 13.2. The third-order valence-corrected chi connectivity index (χ3v) is 9.30. The Labute approximate surface area is 245 Å². The molecule has 6 heteroatoms. The van der Waals surface area contributed by atoms with Crippen molar-refractivity contribution < 1.29 is 14.6 Å². The van der Waals surface area contributed by atoms with E-state index in [-0.39, 0.29) is 17.9 Å². The van der Waals surface area contributed by atoms with Crippen LogP contribution in [-0.2, 0) is 9.53 Å². The minimum absolute atomic E-state index is 0.0222. The monoisotopic (exact) mass is 557 g/mol. The van der Waals surface area contributed by atoms with Crippen molar-refractivity contribution in [3.63, 3.8) is 0 Å². The summed E-state index contributed by atoms with van der Waals surface area (Å²) < 4.78 is 7.56. The lowest BCUT2D eigenvalue weighted by Gasteiger charge is -2.36. The quantitative estimate of drug-likeness (QED) is 0.241. The largest absolute Gasteiger partial charge is 0.497 e. The van der Waals surface area contributed by atoms with Gasteiger partial charge in [0, 0.05) is 29.9 Å². The Bertz CT molecular complexity index is 1270. The number of hydrogen-bond acceptors (Lipinski definition) is 4. The Hall–Kier alpha value is -3.12. The van der Waals surface area contributed by atoms with Gasteiger partial charge in [-0.05, 0) is 119 Å². The van der Waals surface area contributed by atoms with Crippen LogP contribution in [0, 0.1) is 17.8 Å². The molecule has 6 nitrogen and oxygen atoms in total. The molecular weight excluding hydrogens is 510 g/mol. The summed E-state index contributed by atoms with van der Waals surface area (Å²) in [4.78, 5) is 16.1. The zero-order valence-electron chi connectivity index (χ0n) is 25.1. The number of carbonyl (C=O) groups is 1. The van der Waals surface area contributed by atoms with Gasteiger partial charge >= 0.3 is 0 Å². The van der Waals surface area contributed by atoms with Gasteiger partial charge in [0.1, 0.15) is 5.76 Å². The SMILES string of the molecule is C=C(/C=C\C(OC)=C(C)C)C1CCC(CN(C(=O)C2CCC(O)CC2)c2cccc(-c3cnn(C4CC4)c3)c2)CC1. The number of benzene rings is 1. The van der Waals surface area contributed by atoms with Gasteiger partial charge in [-0.15, -0.1) is 0 Å². The van der Waals surface area contributed by atoms with Gasteiger partial charge in [0.05, 0.1) is 25.5 Å². The van der Waals surface area contributed by atoms with Crippen LogP contribution in [0.4, 0.5) is 5.69 Å². The summed E-state index contributed by atoms with van der Waals surface area (Å²) >= 11 is 0. The lowest BCUT2D eigenvalue weighted by molar-refractivity contribution is -0.124. The van der Waals surface area contributed by atoms with E-state index in [4.69, 9.17) is 4.74 Å². The number of aromatic nitrogens is 2. The maximum absolute atomic E-state index is 14.0. The summed E-state index contributed by atoms with van der Waals surface area (Å²) in [5.41, 5.74) is 5.49. The summed E-state index contributed by atoms with van der Waals surface area (Å²) in [6.07, 6.45) is 17.7. The van der Waals surface area contributed by atoms with Gasteiger partial charge in [-0.25, -0.2) is 0 Å². The highest BCUT2D eigenvalue weighted by Crippen LogP contribution is 2.38. The average Bonchev–Trinajstić information content (AvgIpc) is 3.72. The molecule has 0 bridgehead atoms. The third kappa shape index (κ3) is 7.40. The molecule has 3 fully saturated rings. The normalized spacial score (nSPS) is 24.7. The smallest absolute Gasteiger partial charge is 0.230 e. The molecule has 0 radical (unpaired) electrons. The van der Waals surface area contributed by atoms with E-state index < -0.39 is 0 Å². The molecule has 3 aliphatic carbocycles. The molecule has 0 unspecified atom stereocenters. The van der Waals surface area contributed by atoms with Crippen molar-refractivity contribution in [2.45, 2.75) is 90.2 Å². The topological polar surface area (TPSA) is 67.6 Å². The molecule has 41 heavy (non-hydrogen) atoms. The fourth-order valence-electron chi connectivity index (χ4n) is 6.48. The van der Waals surface area contributed by atoms with E-state index in [9.17, 15) is 9.90 Å². The van der Waals surface area contributed by atoms with Crippen molar-refractivity contribution in [3.05, 3.63) is 72.3 Å². The summed E-state index contributed by atoms with van der Waals surface area (Å²) in [6.45, 7) is 9.21. The van der Waals surface area contributed by atoms with Crippen molar-refractivity contribution in [1.82, 2.24) is 9.78 Å². The first-order valence-corrected chi connectivity index (χ1v) is 15.5. The van der Waals surface area contributed by atoms with Gasteiger partial charge in [0.2, 0.25) is 5.91 Å². The van der Waals surface area contributed by atoms with E-state index in [1.54, 1.807) is 7.11 Å². The first-order valence-electron chi connectivity index (χ1n) is 15.5. The fourth-order valence-corrected chi connectivity index (χ4v) is 6.48. The predicted molar refractivity (Wildman–Crippen MR) is 165 cm³/mol. The van der Waals surface area contributed by atoms with Crippen LogP contribution in [0.25, 0.3) is 11.1 Å². The van der Waals surface area contributed by atoms with E-state index in [0.717, 1.165) is 78.8 Å². The molecule has 0 aliphatic heterocycles. The van der Waals surface area contributed by atoms with Gasteiger partial charge in [0.15, 0.2) is 0 Å². The zero-order chi connectivity index (χ0) is 28.9. The van der Waals surface area contributed by atoms with E-state index in [0.29, 0.717) is 30.7 Å². The van der Waals surface area contributed by atoms with E-state index in [1.165, 1.54) is 12.8 Å². The number of aliphatic hydroxyl groups is 1. The lowest BCUT2D eigenvalue weighted by Crippen LogP contribution is -2.42. The molecule has 3 aliphatic rings. The number of rotatable bonds is 10. The molecule has 5 rings (SSSR count). The number of allylic oxidation sites excluding steroid dienone is 4. The van der Waals surface area contributed by atoms with Gasteiger partial charge in [-0.3, -0.25) is 9.48 Å². The molecule has 220 valence electrons. The van der Waals surface area contributed by atoms with Gasteiger partial charge in [-0.2, -0.15) is 5.10 Å². The Balaban J connectivity index is 1.29. The van der Waals surface area contributed by atoms with E-state index in [1.807, 2.05) is 12.3 Å². The number of ether oxygens (including phenoxy) is 1.